The standard InChI is InChI=1S/C43H49FN4O4/c1-32(49)34-8-9-36-29-40(15-10-35(36)28-34)46-22-16-33(30-46)17-23-47-31-48(39-6-3-2-4-7-39)42(41(47)50)19-24-45(25-20-42)21-5-18-43(51-26-27-52-43)37-11-13-38(44)14-12-37/h2-4,6-15,28-29,33H,5,16-27,30-31H2,1H3. The van der Waals surface area contributed by atoms with Crippen molar-refractivity contribution in [2.75, 3.05) is 69.0 Å². The van der Waals surface area contributed by atoms with Crippen LogP contribution in [-0.2, 0) is 20.1 Å². The lowest BCUT2D eigenvalue weighted by Gasteiger charge is -2.43. The van der Waals surface area contributed by atoms with Crippen LogP contribution in [0, 0.1) is 11.7 Å². The lowest BCUT2D eigenvalue weighted by Crippen LogP contribution is -2.56. The zero-order valence-corrected chi connectivity index (χ0v) is 30.1. The average Bonchev–Trinajstić information content (AvgIpc) is 3.91. The van der Waals surface area contributed by atoms with E-state index >= 15 is 0 Å². The van der Waals surface area contributed by atoms with Gasteiger partial charge >= 0.3 is 0 Å². The van der Waals surface area contributed by atoms with E-state index in [9.17, 15) is 14.0 Å². The van der Waals surface area contributed by atoms with Crippen molar-refractivity contribution in [3.63, 3.8) is 0 Å². The number of anilines is 2. The summed E-state index contributed by atoms with van der Waals surface area (Å²) < 4.78 is 25.8. The van der Waals surface area contributed by atoms with Crippen molar-refractivity contribution < 1.29 is 23.5 Å². The number of hydrogen-bond donors (Lipinski definition) is 0. The van der Waals surface area contributed by atoms with Crippen LogP contribution in [0.3, 0.4) is 0 Å². The van der Waals surface area contributed by atoms with Gasteiger partial charge in [0.2, 0.25) is 5.91 Å². The number of benzene rings is 4. The highest BCUT2D eigenvalue weighted by atomic mass is 19.1. The van der Waals surface area contributed by atoms with Crippen LogP contribution in [0.25, 0.3) is 10.8 Å². The molecule has 0 aliphatic carbocycles. The number of ether oxygens (including phenoxy) is 2. The average molecular weight is 705 g/mol. The maximum atomic E-state index is 14.4. The largest absolute Gasteiger partial charge is 0.371 e. The van der Waals surface area contributed by atoms with Gasteiger partial charge in [-0.3, -0.25) is 9.59 Å². The highest BCUT2D eigenvalue weighted by Gasteiger charge is 2.53. The number of likely N-dealkylation sites (tertiary alicyclic amines) is 1. The normalized spacial score (nSPS) is 21.5. The number of Topliss-reactive ketones (excluding diaryl/α,β-unsaturated/α-hetero) is 1. The summed E-state index contributed by atoms with van der Waals surface area (Å²) in [5, 5.41) is 2.24. The Kier molecular flexibility index (Phi) is 9.76. The molecule has 8 rings (SSSR count). The molecule has 1 unspecified atom stereocenters. The van der Waals surface area contributed by atoms with E-state index in [1.165, 1.54) is 17.8 Å². The molecule has 52 heavy (non-hydrogen) atoms. The Bertz CT molecular complexity index is 1890. The van der Waals surface area contributed by atoms with Crippen molar-refractivity contribution in [2.45, 2.75) is 56.8 Å². The quantitative estimate of drug-likeness (QED) is 0.153. The van der Waals surface area contributed by atoms with Crippen LogP contribution in [0.15, 0.2) is 91.0 Å². The number of nitrogens with zero attached hydrogens (tertiary/aromatic N) is 4. The van der Waals surface area contributed by atoms with E-state index in [4.69, 9.17) is 9.47 Å². The van der Waals surface area contributed by atoms with Gasteiger partial charge in [0.15, 0.2) is 11.6 Å². The van der Waals surface area contributed by atoms with Gasteiger partial charge < -0.3 is 29.1 Å². The SMILES string of the molecule is CC(=O)c1ccc2cc(N3CCC(CCN4CN(c5ccccc5)C5(CCN(CCCC6(c7ccc(F)cc7)OCCO6)CC5)C4=O)C3)ccc2c1. The fourth-order valence-electron chi connectivity index (χ4n) is 8.96. The maximum Gasteiger partial charge on any atom is 0.250 e. The third kappa shape index (κ3) is 6.82. The van der Waals surface area contributed by atoms with Gasteiger partial charge in [0.25, 0.3) is 0 Å². The second-order valence-corrected chi connectivity index (χ2v) is 15.1. The van der Waals surface area contributed by atoms with E-state index in [1.807, 2.05) is 24.3 Å². The number of ketones is 1. The molecule has 4 saturated heterocycles. The second kappa shape index (κ2) is 14.6. The first-order valence-corrected chi connectivity index (χ1v) is 19.0. The number of carbonyl (C=O) groups excluding carboxylic acids is 2. The minimum Gasteiger partial charge on any atom is -0.371 e. The molecule has 0 bridgehead atoms. The van der Waals surface area contributed by atoms with Gasteiger partial charge in [-0.05, 0) is 105 Å². The van der Waals surface area contributed by atoms with Crippen LogP contribution in [0.2, 0.25) is 0 Å². The van der Waals surface area contributed by atoms with Gasteiger partial charge in [0.1, 0.15) is 11.4 Å². The van der Waals surface area contributed by atoms with Crippen molar-refractivity contribution >= 4 is 33.8 Å². The molecule has 4 heterocycles. The summed E-state index contributed by atoms with van der Waals surface area (Å²) in [7, 11) is 0. The number of piperidine rings is 1. The Labute approximate surface area is 306 Å². The molecule has 9 heteroatoms. The molecular formula is C43H49FN4O4. The second-order valence-electron chi connectivity index (χ2n) is 15.1. The molecule has 1 atom stereocenters. The summed E-state index contributed by atoms with van der Waals surface area (Å²) in [5.41, 5.74) is 3.41. The molecule has 4 aromatic rings. The minimum atomic E-state index is -0.815. The molecular weight excluding hydrogens is 655 g/mol. The highest BCUT2D eigenvalue weighted by Crippen LogP contribution is 2.41. The van der Waals surface area contributed by atoms with E-state index in [0.29, 0.717) is 32.2 Å². The van der Waals surface area contributed by atoms with Crippen molar-refractivity contribution in [1.82, 2.24) is 9.80 Å². The summed E-state index contributed by atoms with van der Waals surface area (Å²) in [4.78, 5) is 35.7. The molecule has 272 valence electrons. The minimum absolute atomic E-state index is 0.0862. The zero-order chi connectivity index (χ0) is 35.7. The van der Waals surface area contributed by atoms with Crippen LogP contribution in [0.4, 0.5) is 15.8 Å². The number of fused-ring (bicyclic) bond motifs is 1. The summed E-state index contributed by atoms with van der Waals surface area (Å²) in [5.74, 6) is -0.197. The molecule has 8 nitrogen and oxygen atoms in total. The number of carbonyl (C=O) groups is 2. The monoisotopic (exact) mass is 704 g/mol. The number of halogens is 1. The van der Waals surface area contributed by atoms with E-state index in [0.717, 1.165) is 99.0 Å². The molecule has 4 fully saturated rings. The number of hydrogen-bond acceptors (Lipinski definition) is 7. The number of para-hydroxylation sites is 1. The van der Waals surface area contributed by atoms with Gasteiger partial charge in [-0.15, -0.1) is 0 Å². The Balaban J connectivity index is 0.883. The van der Waals surface area contributed by atoms with Crippen LogP contribution in [0.5, 0.6) is 0 Å². The topological polar surface area (TPSA) is 65.6 Å². The van der Waals surface area contributed by atoms with Crippen LogP contribution in [0.1, 0.15) is 61.4 Å². The van der Waals surface area contributed by atoms with Crippen molar-refractivity contribution in [3.8, 4) is 0 Å². The number of amides is 1. The Morgan fingerprint density at radius 3 is 2.33 bits per heavy atom. The molecule has 0 saturated carbocycles. The van der Waals surface area contributed by atoms with Gasteiger partial charge in [0.05, 0.1) is 19.9 Å². The third-order valence-corrected chi connectivity index (χ3v) is 12.0. The molecule has 0 radical (unpaired) electrons. The van der Waals surface area contributed by atoms with Crippen LogP contribution in [-0.4, -0.2) is 86.2 Å². The first-order valence-electron chi connectivity index (χ1n) is 19.0. The molecule has 1 spiro atoms. The van der Waals surface area contributed by atoms with E-state index in [1.54, 1.807) is 19.1 Å². The molecule has 1 amide bonds. The van der Waals surface area contributed by atoms with Gasteiger partial charge in [-0.2, -0.15) is 0 Å². The lowest BCUT2D eigenvalue weighted by atomic mass is 9.85. The molecule has 4 aliphatic rings. The Morgan fingerprint density at radius 2 is 1.58 bits per heavy atom. The first kappa shape index (κ1) is 34.8. The van der Waals surface area contributed by atoms with Crippen molar-refractivity contribution in [1.29, 1.82) is 0 Å². The maximum absolute atomic E-state index is 14.4. The summed E-state index contributed by atoms with van der Waals surface area (Å²) in [6, 6.07) is 29.4. The summed E-state index contributed by atoms with van der Waals surface area (Å²) in [6.07, 6.45) is 5.27. The van der Waals surface area contributed by atoms with Crippen molar-refractivity contribution in [2.24, 2.45) is 5.92 Å². The van der Waals surface area contributed by atoms with Crippen LogP contribution < -0.4 is 9.80 Å². The van der Waals surface area contributed by atoms with Gasteiger partial charge in [0, 0.05) is 61.6 Å². The van der Waals surface area contributed by atoms with E-state index < -0.39 is 11.3 Å². The van der Waals surface area contributed by atoms with Gasteiger partial charge in [-0.1, -0.05) is 48.5 Å². The lowest BCUT2D eigenvalue weighted by molar-refractivity contribution is -0.172. The smallest absolute Gasteiger partial charge is 0.250 e. The summed E-state index contributed by atoms with van der Waals surface area (Å²) in [6.45, 7) is 8.67. The molecule has 0 aromatic heterocycles. The third-order valence-electron chi connectivity index (χ3n) is 12.0. The predicted molar refractivity (Wildman–Crippen MR) is 202 cm³/mol. The highest BCUT2D eigenvalue weighted by molar-refractivity contribution is 5.99. The van der Waals surface area contributed by atoms with Crippen molar-refractivity contribution in [3.05, 3.63) is 108 Å². The van der Waals surface area contributed by atoms with E-state index in [-0.39, 0.29) is 17.5 Å². The fourth-order valence-corrected chi connectivity index (χ4v) is 8.96. The molecule has 0 N–H and O–H groups in total. The first-order chi connectivity index (χ1) is 25.3. The molecule has 4 aromatic carbocycles. The summed E-state index contributed by atoms with van der Waals surface area (Å²) >= 11 is 0. The Hall–Kier alpha value is -4.31. The Morgan fingerprint density at radius 1 is 0.846 bits per heavy atom. The number of rotatable bonds is 11. The fraction of sp³-hybridized carbons (Fsp3) is 0.442. The molecule has 4 aliphatic heterocycles. The predicted octanol–water partition coefficient (Wildman–Crippen LogP) is 7.22. The van der Waals surface area contributed by atoms with Crippen LogP contribution >= 0.6 is 0 Å². The van der Waals surface area contributed by atoms with E-state index in [2.05, 4.69) is 62.1 Å². The van der Waals surface area contributed by atoms with Gasteiger partial charge in [-0.25, -0.2) is 4.39 Å². The zero-order valence-electron chi connectivity index (χ0n) is 30.1.